The van der Waals surface area contributed by atoms with Gasteiger partial charge in [-0.2, -0.15) is 0 Å². The van der Waals surface area contributed by atoms with Gasteiger partial charge < -0.3 is 15.0 Å². The lowest BCUT2D eigenvalue weighted by Gasteiger charge is -2.43. The number of amides is 1. The molecular weight excluding hydrogens is 240 g/mol. The summed E-state index contributed by atoms with van der Waals surface area (Å²) >= 11 is 0. The minimum atomic E-state index is -0.339. The number of carbonyl (C=O) groups is 1. The molecule has 0 aliphatic carbocycles. The van der Waals surface area contributed by atoms with Gasteiger partial charge in [-0.3, -0.25) is 4.79 Å². The van der Waals surface area contributed by atoms with Gasteiger partial charge in [-0.05, 0) is 38.3 Å². The normalized spacial score (nSPS) is 20.9. The van der Waals surface area contributed by atoms with Crippen LogP contribution in [-0.4, -0.2) is 50.7 Å². The van der Waals surface area contributed by atoms with E-state index in [1.54, 1.807) is 7.11 Å². The summed E-state index contributed by atoms with van der Waals surface area (Å²) in [5.74, 6) is 0.235. The highest BCUT2D eigenvalue weighted by molar-refractivity contribution is 5.83. The van der Waals surface area contributed by atoms with Gasteiger partial charge in [0.2, 0.25) is 5.91 Å². The Hall–Kier alpha value is -0.610. The van der Waals surface area contributed by atoms with Crippen molar-refractivity contribution in [1.82, 2.24) is 10.2 Å². The van der Waals surface area contributed by atoms with E-state index >= 15 is 0 Å². The van der Waals surface area contributed by atoms with Gasteiger partial charge >= 0.3 is 0 Å². The highest BCUT2D eigenvalue weighted by Crippen LogP contribution is 2.34. The van der Waals surface area contributed by atoms with Crippen molar-refractivity contribution in [2.24, 2.45) is 10.8 Å². The van der Waals surface area contributed by atoms with Crippen molar-refractivity contribution in [1.29, 1.82) is 0 Å². The van der Waals surface area contributed by atoms with Gasteiger partial charge in [-0.1, -0.05) is 20.8 Å². The minimum Gasteiger partial charge on any atom is -0.384 e. The molecular formula is C15H30N2O2. The second-order valence-electron chi connectivity index (χ2n) is 6.92. The fourth-order valence-corrected chi connectivity index (χ4v) is 2.73. The lowest BCUT2D eigenvalue weighted by Crippen LogP contribution is -2.54. The van der Waals surface area contributed by atoms with E-state index < -0.39 is 0 Å². The summed E-state index contributed by atoms with van der Waals surface area (Å²) in [4.78, 5) is 14.8. The minimum absolute atomic E-state index is 0.0889. The zero-order valence-electron chi connectivity index (χ0n) is 13.4. The third-order valence-electron chi connectivity index (χ3n) is 4.59. The van der Waals surface area contributed by atoms with Crippen LogP contribution in [0.2, 0.25) is 0 Å². The average Bonchev–Trinajstić information content (AvgIpc) is 2.36. The molecule has 1 atom stereocenters. The molecule has 0 aromatic rings. The van der Waals surface area contributed by atoms with E-state index in [1.165, 1.54) is 0 Å². The molecule has 0 spiro atoms. The topological polar surface area (TPSA) is 41.6 Å². The van der Waals surface area contributed by atoms with Crippen molar-refractivity contribution < 1.29 is 9.53 Å². The average molecular weight is 270 g/mol. The fourth-order valence-electron chi connectivity index (χ4n) is 2.73. The van der Waals surface area contributed by atoms with Crippen molar-refractivity contribution >= 4 is 5.91 Å². The van der Waals surface area contributed by atoms with Crippen LogP contribution >= 0.6 is 0 Å². The molecule has 4 heteroatoms. The van der Waals surface area contributed by atoms with Crippen molar-refractivity contribution in [2.45, 2.75) is 46.6 Å². The van der Waals surface area contributed by atoms with Crippen molar-refractivity contribution in [2.75, 3.05) is 33.9 Å². The van der Waals surface area contributed by atoms with Crippen molar-refractivity contribution in [3.05, 3.63) is 0 Å². The Kier molecular flexibility index (Phi) is 5.39. The fraction of sp³-hybridized carbons (Fsp3) is 0.933. The number of hydrogen-bond acceptors (Lipinski definition) is 3. The Bertz CT molecular complexity index is 298. The standard InChI is InChI=1S/C15H30N2O2/c1-12(14(2,3)4)17(5)13(18)15(11-19-6)7-9-16-10-8-15/h12,16H,7-11H2,1-6H3. The molecule has 1 N–H and O–H groups in total. The summed E-state index contributed by atoms with van der Waals surface area (Å²) in [7, 11) is 3.61. The highest BCUT2D eigenvalue weighted by Gasteiger charge is 2.43. The van der Waals surface area contributed by atoms with Crippen LogP contribution in [0.15, 0.2) is 0 Å². The molecule has 0 aromatic carbocycles. The second kappa shape index (κ2) is 6.23. The van der Waals surface area contributed by atoms with Crippen LogP contribution in [0.5, 0.6) is 0 Å². The van der Waals surface area contributed by atoms with Crippen LogP contribution in [0.3, 0.4) is 0 Å². The summed E-state index contributed by atoms with van der Waals surface area (Å²) < 4.78 is 5.35. The maximum Gasteiger partial charge on any atom is 0.231 e. The van der Waals surface area contributed by atoms with Crippen molar-refractivity contribution in [3.8, 4) is 0 Å². The first kappa shape index (κ1) is 16.4. The lowest BCUT2D eigenvalue weighted by atomic mass is 9.77. The van der Waals surface area contributed by atoms with Crippen LogP contribution in [0.4, 0.5) is 0 Å². The third-order valence-corrected chi connectivity index (χ3v) is 4.59. The molecule has 4 nitrogen and oxygen atoms in total. The predicted molar refractivity (Wildman–Crippen MR) is 78.1 cm³/mol. The molecule has 0 saturated carbocycles. The van der Waals surface area contributed by atoms with E-state index in [2.05, 4.69) is 33.0 Å². The Labute approximate surface area is 117 Å². The summed E-state index contributed by atoms with van der Waals surface area (Å²) in [6, 6.07) is 0.212. The summed E-state index contributed by atoms with van der Waals surface area (Å²) in [5.41, 5.74) is -0.250. The Morgan fingerprint density at radius 1 is 1.37 bits per heavy atom. The monoisotopic (exact) mass is 270 g/mol. The Morgan fingerprint density at radius 2 is 1.89 bits per heavy atom. The van der Waals surface area contributed by atoms with E-state index in [9.17, 15) is 4.79 Å². The van der Waals surface area contributed by atoms with Gasteiger partial charge in [0.25, 0.3) is 0 Å². The molecule has 112 valence electrons. The summed E-state index contributed by atoms with van der Waals surface area (Å²) in [6.45, 7) is 11.0. The van der Waals surface area contributed by atoms with Crippen LogP contribution in [0.25, 0.3) is 0 Å². The smallest absolute Gasteiger partial charge is 0.231 e. The van der Waals surface area contributed by atoms with Gasteiger partial charge in [-0.15, -0.1) is 0 Å². The molecule has 1 aliphatic heterocycles. The van der Waals surface area contributed by atoms with Gasteiger partial charge in [0.15, 0.2) is 0 Å². The van der Waals surface area contributed by atoms with Gasteiger partial charge in [0, 0.05) is 20.2 Å². The largest absolute Gasteiger partial charge is 0.384 e. The van der Waals surface area contributed by atoms with Crippen LogP contribution in [-0.2, 0) is 9.53 Å². The molecule has 0 aromatic heterocycles. The van der Waals surface area contributed by atoms with E-state index in [0.29, 0.717) is 6.61 Å². The maximum absolute atomic E-state index is 12.9. The SMILES string of the molecule is COCC1(C(=O)N(C)C(C)C(C)(C)C)CCNCC1. The first-order chi connectivity index (χ1) is 8.74. The predicted octanol–water partition coefficient (Wildman–Crippen LogP) is 1.90. The number of carbonyl (C=O) groups excluding carboxylic acids is 1. The van der Waals surface area contributed by atoms with E-state index in [4.69, 9.17) is 4.74 Å². The molecule has 1 heterocycles. The first-order valence-corrected chi connectivity index (χ1v) is 7.21. The van der Waals surface area contributed by atoms with Gasteiger partial charge in [0.05, 0.1) is 12.0 Å². The number of methoxy groups -OCH3 is 1. The molecule has 1 amide bonds. The van der Waals surface area contributed by atoms with Gasteiger partial charge in [0.1, 0.15) is 0 Å². The number of nitrogens with one attached hydrogen (secondary N) is 1. The van der Waals surface area contributed by atoms with E-state index in [1.807, 2.05) is 11.9 Å². The van der Waals surface area contributed by atoms with E-state index in [0.717, 1.165) is 25.9 Å². The van der Waals surface area contributed by atoms with E-state index in [-0.39, 0.29) is 22.8 Å². The zero-order chi connectivity index (χ0) is 14.7. The Morgan fingerprint density at radius 3 is 2.32 bits per heavy atom. The molecule has 1 aliphatic rings. The highest BCUT2D eigenvalue weighted by atomic mass is 16.5. The molecule has 0 bridgehead atoms. The van der Waals surface area contributed by atoms with Crippen LogP contribution in [0.1, 0.15) is 40.5 Å². The zero-order valence-corrected chi connectivity index (χ0v) is 13.4. The van der Waals surface area contributed by atoms with Crippen LogP contribution < -0.4 is 5.32 Å². The first-order valence-electron chi connectivity index (χ1n) is 7.21. The molecule has 1 fully saturated rings. The van der Waals surface area contributed by atoms with Gasteiger partial charge in [-0.25, -0.2) is 0 Å². The Balaban J connectivity index is 2.87. The van der Waals surface area contributed by atoms with Crippen LogP contribution in [0, 0.1) is 10.8 Å². The molecule has 0 radical (unpaired) electrons. The maximum atomic E-state index is 12.9. The number of nitrogens with zero attached hydrogens (tertiary/aromatic N) is 1. The summed E-state index contributed by atoms with van der Waals surface area (Å²) in [5, 5.41) is 3.32. The lowest BCUT2D eigenvalue weighted by molar-refractivity contribution is -0.150. The van der Waals surface area contributed by atoms with Crippen molar-refractivity contribution in [3.63, 3.8) is 0 Å². The number of ether oxygens (including phenoxy) is 1. The second-order valence-corrected chi connectivity index (χ2v) is 6.92. The number of hydrogen-bond donors (Lipinski definition) is 1. The molecule has 1 rings (SSSR count). The third kappa shape index (κ3) is 3.69. The molecule has 1 unspecified atom stereocenters. The summed E-state index contributed by atoms with van der Waals surface area (Å²) in [6.07, 6.45) is 1.72. The quantitative estimate of drug-likeness (QED) is 0.848. The number of piperidine rings is 1. The molecule has 1 saturated heterocycles. The number of rotatable bonds is 4. The molecule has 19 heavy (non-hydrogen) atoms.